The summed E-state index contributed by atoms with van der Waals surface area (Å²) in [4.78, 5) is 4.54. The topological polar surface area (TPSA) is 74.2 Å². The average Bonchev–Trinajstić information content (AvgIpc) is 2.88. The second-order valence-electron chi connectivity index (χ2n) is 6.59. The van der Waals surface area contributed by atoms with E-state index in [9.17, 15) is 0 Å². The molecule has 0 bridgehead atoms. The van der Waals surface area contributed by atoms with E-state index in [-0.39, 0.29) is 6.04 Å². The molecule has 1 aliphatic carbocycles. The van der Waals surface area contributed by atoms with Gasteiger partial charge in [0.05, 0.1) is 6.04 Å². The lowest BCUT2D eigenvalue weighted by molar-refractivity contribution is -0.0658. The summed E-state index contributed by atoms with van der Waals surface area (Å²) in [5.74, 6) is 2.32. The third-order valence-electron chi connectivity index (χ3n) is 4.24. The van der Waals surface area contributed by atoms with Crippen LogP contribution in [-0.2, 0) is 10.3 Å². The molecular formula is C15H27N3O2. The molecule has 0 aromatic carbocycles. The van der Waals surface area contributed by atoms with Crippen molar-refractivity contribution in [1.29, 1.82) is 0 Å². The monoisotopic (exact) mass is 281 g/mol. The van der Waals surface area contributed by atoms with Crippen LogP contribution in [0.5, 0.6) is 0 Å². The van der Waals surface area contributed by atoms with Gasteiger partial charge in [0.15, 0.2) is 0 Å². The molecule has 1 heterocycles. The van der Waals surface area contributed by atoms with Gasteiger partial charge in [-0.1, -0.05) is 32.3 Å². The van der Waals surface area contributed by atoms with Crippen molar-refractivity contribution < 1.29 is 9.26 Å². The number of nitrogens with zero attached hydrogens (tertiary/aromatic N) is 2. The minimum absolute atomic E-state index is 0.189. The van der Waals surface area contributed by atoms with Crippen molar-refractivity contribution in [2.75, 3.05) is 7.11 Å². The molecule has 1 aliphatic rings. The molecule has 1 aromatic heterocycles. The van der Waals surface area contributed by atoms with Crippen molar-refractivity contribution in [2.45, 2.75) is 64.5 Å². The highest BCUT2D eigenvalue weighted by atomic mass is 16.5. The van der Waals surface area contributed by atoms with Crippen LogP contribution in [0.1, 0.15) is 70.6 Å². The van der Waals surface area contributed by atoms with Crippen LogP contribution in [0.3, 0.4) is 0 Å². The van der Waals surface area contributed by atoms with Gasteiger partial charge < -0.3 is 15.0 Å². The summed E-state index contributed by atoms with van der Waals surface area (Å²) < 4.78 is 11.2. The first-order chi connectivity index (χ1) is 9.47. The smallest absolute Gasteiger partial charge is 0.243 e. The average molecular weight is 281 g/mol. The van der Waals surface area contributed by atoms with Crippen LogP contribution < -0.4 is 5.73 Å². The number of nitrogens with two attached hydrogens (primary N) is 1. The zero-order chi connectivity index (χ0) is 14.8. The Morgan fingerprint density at radius 3 is 2.85 bits per heavy atom. The van der Waals surface area contributed by atoms with Crippen molar-refractivity contribution in [1.82, 2.24) is 10.1 Å². The molecule has 3 atom stereocenters. The maximum Gasteiger partial charge on any atom is 0.243 e. The first-order valence-corrected chi connectivity index (χ1v) is 7.61. The van der Waals surface area contributed by atoms with Gasteiger partial charge in [-0.15, -0.1) is 0 Å². The minimum atomic E-state index is -0.392. The molecule has 5 nitrogen and oxygen atoms in total. The van der Waals surface area contributed by atoms with Gasteiger partial charge in [-0.3, -0.25) is 0 Å². The van der Waals surface area contributed by atoms with Crippen molar-refractivity contribution in [2.24, 2.45) is 17.6 Å². The first kappa shape index (κ1) is 15.4. The molecule has 1 aromatic rings. The lowest BCUT2D eigenvalue weighted by Gasteiger charge is -2.36. The maximum atomic E-state index is 6.11. The van der Waals surface area contributed by atoms with Crippen molar-refractivity contribution in [3.63, 3.8) is 0 Å². The van der Waals surface area contributed by atoms with Gasteiger partial charge in [0.2, 0.25) is 11.7 Å². The van der Waals surface area contributed by atoms with E-state index in [4.69, 9.17) is 15.0 Å². The summed E-state index contributed by atoms with van der Waals surface area (Å²) in [6, 6.07) is -0.189. The van der Waals surface area contributed by atoms with Crippen LogP contribution >= 0.6 is 0 Å². The fourth-order valence-corrected chi connectivity index (χ4v) is 3.16. The summed E-state index contributed by atoms with van der Waals surface area (Å²) in [5, 5.41) is 4.15. The molecule has 0 saturated heterocycles. The van der Waals surface area contributed by atoms with E-state index in [0.717, 1.165) is 25.7 Å². The molecule has 0 aliphatic heterocycles. The summed E-state index contributed by atoms with van der Waals surface area (Å²) in [6.45, 7) is 6.52. The Morgan fingerprint density at radius 2 is 2.25 bits per heavy atom. The van der Waals surface area contributed by atoms with Crippen molar-refractivity contribution in [3.8, 4) is 0 Å². The molecular weight excluding hydrogens is 254 g/mol. The number of methoxy groups -OCH3 is 1. The van der Waals surface area contributed by atoms with Gasteiger partial charge >= 0.3 is 0 Å². The Bertz CT molecular complexity index is 433. The van der Waals surface area contributed by atoms with Crippen molar-refractivity contribution >= 4 is 0 Å². The van der Waals surface area contributed by atoms with Gasteiger partial charge in [0.1, 0.15) is 5.60 Å². The highest BCUT2D eigenvalue weighted by Gasteiger charge is 2.41. The number of hydrogen-bond donors (Lipinski definition) is 1. The molecule has 0 radical (unpaired) electrons. The SMILES string of the molecule is COC1(c2noc([C@H](N)CC(C)C)n2)CCCC(C)C1. The van der Waals surface area contributed by atoms with Gasteiger partial charge in [-0.25, -0.2) is 0 Å². The number of aromatic nitrogens is 2. The van der Waals surface area contributed by atoms with E-state index in [2.05, 4.69) is 30.9 Å². The second kappa shape index (κ2) is 6.22. The highest BCUT2D eigenvalue weighted by molar-refractivity contribution is 5.05. The summed E-state index contributed by atoms with van der Waals surface area (Å²) in [5.41, 5.74) is 5.72. The molecule has 0 spiro atoms. The molecule has 114 valence electrons. The lowest BCUT2D eigenvalue weighted by Crippen LogP contribution is -2.35. The van der Waals surface area contributed by atoms with E-state index in [1.54, 1.807) is 7.11 Å². The normalized spacial score (nSPS) is 28.8. The van der Waals surface area contributed by atoms with E-state index in [1.807, 2.05) is 0 Å². The van der Waals surface area contributed by atoms with Crippen LogP contribution in [0.15, 0.2) is 4.52 Å². The second-order valence-corrected chi connectivity index (χ2v) is 6.59. The predicted molar refractivity (Wildman–Crippen MR) is 77.0 cm³/mol. The largest absolute Gasteiger partial charge is 0.370 e. The fraction of sp³-hybridized carbons (Fsp3) is 0.867. The standard InChI is InChI=1S/C15H27N3O2/c1-10(2)8-12(16)13-17-14(18-20-13)15(19-4)7-5-6-11(3)9-15/h10-12H,5-9,16H2,1-4H3/t11?,12-,15?/m1/s1. The maximum absolute atomic E-state index is 6.11. The third kappa shape index (κ3) is 3.20. The molecule has 2 rings (SSSR count). The Labute approximate surface area is 121 Å². The van der Waals surface area contributed by atoms with E-state index in [0.29, 0.717) is 23.6 Å². The number of ether oxygens (including phenoxy) is 1. The number of rotatable bonds is 5. The minimum Gasteiger partial charge on any atom is -0.370 e. The number of hydrogen-bond acceptors (Lipinski definition) is 5. The molecule has 2 unspecified atom stereocenters. The Hall–Kier alpha value is -0.940. The third-order valence-corrected chi connectivity index (χ3v) is 4.24. The molecule has 20 heavy (non-hydrogen) atoms. The zero-order valence-corrected chi connectivity index (χ0v) is 13.1. The van der Waals surface area contributed by atoms with Crippen LogP contribution in [0, 0.1) is 11.8 Å². The van der Waals surface area contributed by atoms with Crippen LogP contribution in [0.4, 0.5) is 0 Å². The van der Waals surface area contributed by atoms with Gasteiger partial charge in [0.25, 0.3) is 0 Å². The van der Waals surface area contributed by atoms with Crippen LogP contribution in [-0.4, -0.2) is 17.3 Å². The molecule has 1 fully saturated rings. The van der Waals surface area contributed by atoms with Gasteiger partial charge in [-0.05, 0) is 37.5 Å². The van der Waals surface area contributed by atoms with Gasteiger partial charge in [0, 0.05) is 7.11 Å². The molecule has 5 heteroatoms. The predicted octanol–water partition coefficient (Wildman–Crippen LogP) is 3.17. The van der Waals surface area contributed by atoms with Gasteiger partial charge in [-0.2, -0.15) is 4.98 Å². The summed E-state index contributed by atoms with van der Waals surface area (Å²) in [7, 11) is 1.74. The first-order valence-electron chi connectivity index (χ1n) is 7.61. The zero-order valence-electron chi connectivity index (χ0n) is 13.1. The molecule has 1 saturated carbocycles. The van der Waals surface area contributed by atoms with E-state index < -0.39 is 5.60 Å². The Kier molecular flexibility index (Phi) is 4.81. The highest BCUT2D eigenvalue weighted by Crippen LogP contribution is 2.41. The molecule has 0 amide bonds. The lowest BCUT2D eigenvalue weighted by atomic mass is 9.78. The Morgan fingerprint density at radius 1 is 1.50 bits per heavy atom. The molecule has 2 N–H and O–H groups in total. The fourth-order valence-electron chi connectivity index (χ4n) is 3.16. The van der Waals surface area contributed by atoms with Crippen LogP contribution in [0.2, 0.25) is 0 Å². The van der Waals surface area contributed by atoms with E-state index in [1.165, 1.54) is 6.42 Å². The Balaban J connectivity index is 2.17. The quantitative estimate of drug-likeness (QED) is 0.897. The van der Waals surface area contributed by atoms with Crippen LogP contribution in [0.25, 0.3) is 0 Å². The van der Waals surface area contributed by atoms with E-state index >= 15 is 0 Å². The summed E-state index contributed by atoms with van der Waals surface area (Å²) in [6.07, 6.45) is 5.12. The summed E-state index contributed by atoms with van der Waals surface area (Å²) >= 11 is 0. The van der Waals surface area contributed by atoms with Crippen molar-refractivity contribution in [3.05, 3.63) is 11.7 Å².